The molecule has 1 aromatic carbocycles. The van der Waals surface area contributed by atoms with Gasteiger partial charge in [-0.2, -0.15) is 4.98 Å². The number of aromatic nitrogens is 2. The highest BCUT2D eigenvalue weighted by atomic mass is 79.9. The fourth-order valence-electron chi connectivity index (χ4n) is 1.58. The molecule has 0 aliphatic rings. The van der Waals surface area contributed by atoms with Crippen molar-refractivity contribution in [3.05, 3.63) is 34.6 Å². The van der Waals surface area contributed by atoms with Crippen molar-refractivity contribution in [2.75, 3.05) is 0 Å². The summed E-state index contributed by atoms with van der Waals surface area (Å²) in [4.78, 5) is 4.36. The summed E-state index contributed by atoms with van der Waals surface area (Å²) in [7, 11) is 0. The fraction of sp³-hybridized carbons (Fsp3) is 0.385. The van der Waals surface area contributed by atoms with E-state index in [9.17, 15) is 0 Å². The van der Waals surface area contributed by atoms with E-state index in [1.807, 2.05) is 24.3 Å². The van der Waals surface area contributed by atoms with Gasteiger partial charge in [-0.3, -0.25) is 0 Å². The van der Waals surface area contributed by atoms with Gasteiger partial charge in [0, 0.05) is 10.0 Å². The van der Waals surface area contributed by atoms with Crippen LogP contribution in [0.5, 0.6) is 0 Å². The van der Waals surface area contributed by atoms with Crippen LogP contribution in [0.3, 0.4) is 0 Å². The van der Waals surface area contributed by atoms with Crippen molar-refractivity contribution in [1.82, 2.24) is 10.1 Å². The molecular formula is C13H16BrN3O. The zero-order valence-corrected chi connectivity index (χ0v) is 12.0. The first kappa shape index (κ1) is 13.2. The molecule has 96 valence electrons. The second kappa shape index (κ2) is 5.63. The van der Waals surface area contributed by atoms with E-state index in [0.717, 1.165) is 16.5 Å². The second-order valence-electron chi connectivity index (χ2n) is 4.37. The number of hydrogen-bond donors (Lipinski definition) is 1. The Bertz CT molecular complexity index is 509. The van der Waals surface area contributed by atoms with Crippen LogP contribution in [-0.4, -0.2) is 10.1 Å². The van der Waals surface area contributed by atoms with Crippen molar-refractivity contribution in [2.45, 2.75) is 26.3 Å². The number of rotatable bonds is 4. The summed E-state index contributed by atoms with van der Waals surface area (Å²) in [5, 5.41) is 3.97. The molecule has 0 radical (unpaired) electrons. The Balaban J connectivity index is 2.22. The maximum atomic E-state index is 6.06. The van der Waals surface area contributed by atoms with Gasteiger partial charge in [0.1, 0.15) is 0 Å². The van der Waals surface area contributed by atoms with Gasteiger partial charge < -0.3 is 10.3 Å². The van der Waals surface area contributed by atoms with Crippen molar-refractivity contribution in [1.29, 1.82) is 0 Å². The molecule has 0 amide bonds. The minimum absolute atomic E-state index is 0.202. The Morgan fingerprint density at radius 3 is 2.61 bits per heavy atom. The van der Waals surface area contributed by atoms with Crippen molar-refractivity contribution >= 4 is 15.9 Å². The van der Waals surface area contributed by atoms with E-state index < -0.39 is 0 Å². The zero-order chi connectivity index (χ0) is 13.1. The van der Waals surface area contributed by atoms with Crippen LogP contribution in [0.2, 0.25) is 0 Å². The first-order valence-electron chi connectivity index (χ1n) is 5.97. The van der Waals surface area contributed by atoms with E-state index in [1.54, 1.807) is 0 Å². The van der Waals surface area contributed by atoms with Gasteiger partial charge in [-0.15, -0.1) is 0 Å². The van der Waals surface area contributed by atoms with Crippen molar-refractivity contribution in [3.8, 4) is 11.4 Å². The van der Waals surface area contributed by atoms with Crippen LogP contribution in [0.4, 0.5) is 0 Å². The molecular weight excluding hydrogens is 294 g/mol. The van der Waals surface area contributed by atoms with Gasteiger partial charge in [0.15, 0.2) is 0 Å². The van der Waals surface area contributed by atoms with E-state index in [2.05, 4.69) is 39.9 Å². The third-order valence-electron chi connectivity index (χ3n) is 3.09. The molecule has 0 bridgehead atoms. The summed E-state index contributed by atoms with van der Waals surface area (Å²) in [6.45, 7) is 4.17. The summed E-state index contributed by atoms with van der Waals surface area (Å²) < 4.78 is 6.26. The van der Waals surface area contributed by atoms with Gasteiger partial charge in [-0.1, -0.05) is 41.4 Å². The SMILES string of the molecule is CC[C@H](C)[C@H](N)c1nc(-c2ccc(Br)cc2)no1. The predicted octanol–water partition coefficient (Wildman–Crippen LogP) is 3.55. The molecule has 0 saturated carbocycles. The number of benzene rings is 1. The van der Waals surface area contributed by atoms with Crippen LogP contribution < -0.4 is 5.73 Å². The monoisotopic (exact) mass is 309 g/mol. The highest BCUT2D eigenvalue weighted by Gasteiger charge is 2.20. The van der Waals surface area contributed by atoms with Crippen molar-refractivity contribution < 1.29 is 4.52 Å². The van der Waals surface area contributed by atoms with Gasteiger partial charge in [0.2, 0.25) is 11.7 Å². The molecule has 5 heteroatoms. The highest BCUT2D eigenvalue weighted by molar-refractivity contribution is 9.10. The average Bonchev–Trinajstić information content (AvgIpc) is 2.87. The fourth-order valence-corrected chi connectivity index (χ4v) is 1.85. The van der Waals surface area contributed by atoms with E-state index in [0.29, 0.717) is 17.6 Å². The smallest absolute Gasteiger partial charge is 0.244 e. The largest absolute Gasteiger partial charge is 0.337 e. The first-order valence-corrected chi connectivity index (χ1v) is 6.76. The lowest BCUT2D eigenvalue weighted by molar-refractivity contribution is 0.312. The average molecular weight is 310 g/mol. The molecule has 0 saturated heterocycles. The summed E-state index contributed by atoms with van der Waals surface area (Å²) in [6.07, 6.45) is 0.983. The lowest BCUT2D eigenvalue weighted by atomic mass is 10.0. The minimum atomic E-state index is -0.202. The Kier molecular flexibility index (Phi) is 4.14. The molecule has 2 atom stereocenters. The first-order chi connectivity index (χ1) is 8.61. The Morgan fingerprint density at radius 1 is 1.33 bits per heavy atom. The summed E-state index contributed by atoms with van der Waals surface area (Å²) >= 11 is 3.39. The lowest BCUT2D eigenvalue weighted by Crippen LogP contribution is -2.18. The van der Waals surface area contributed by atoms with Crippen LogP contribution in [0, 0.1) is 5.92 Å². The molecule has 2 rings (SSSR count). The van der Waals surface area contributed by atoms with Gasteiger partial charge in [-0.05, 0) is 30.2 Å². The van der Waals surface area contributed by atoms with Crippen LogP contribution in [0.15, 0.2) is 33.3 Å². The maximum absolute atomic E-state index is 6.06. The van der Waals surface area contributed by atoms with Crippen LogP contribution in [0.25, 0.3) is 11.4 Å². The highest BCUT2D eigenvalue weighted by Crippen LogP contribution is 2.24. The predicted molar refractivity (Wildman–Crippen MR) is 73.8 cm³/mol. The normalized spacial score (nSPS) is 14.4. The molecule has 0 aliphatic carbocycles. The van der Waals surface area contributed by atoms with Gasteiger partial charge in [0.25, 0.3) is 0 Å². The Labute approximate surface area is 115 Å². The topological polar surface area (TPSA) is 64.9 Å². The van der Waals surface area contributed by atoms with E-state index >= 15 is 0 Å². The van der Waals surface area contributed by atoms with Gasteiger partial charge in [0.05, 0.1) is 6.04 Å². The molecule has 1 aromatic heterocycles. The van der Waals surface area contributed by atoms with Crippen LogP contribution in [0.1, 0.15) is 32.2 Å². The quantitative estimate of drug-likeness (QED) is 0.938. The number of nitrogens with two attached hydrogens (primary N) is 1. The standard InChI is InChI=1S/C13H16BrN3O/c1-3-8(2)11(15)13-16-12(17-18-13)9-4-6-10(14)7-5-9/h4-8,11H,3,15H2,1-2H3/t8-,11-/m0/s1. The summed E-state index contributed by atoms with van der Waals surface area (Å²) in [5.74, 6) is 1.40. The number of halogens is 1. The molecule has 1 heterocycles. The van der Waals surface area contributed by atoms with Gasteiger partial charge >= 0.3 is 0 Å². The molecule has 2 N–H and O–H groups in total. The van der Waals surface area contributed by atoms with E-state index in [1.165, 1.54) is 0 Å². The summed E-state index contributed by atoms with van der Waals surface area (Å²) in [6, 6.07) is 7.56. The third-order valence-corrected chi connectivity index (χ3v) is 3.61. The third kappa shape index (κ3) is 2.79. The van der Waals surface area contributed by atoms with Crippen LogP contribution in [-0.2, 0) is 0 Å². The maximum Gasteiger partial charge on any atom is 0.244 e. The van der Waals surface area contributed by atoms with Crippen molar-refractivity contribution in [3.63, 3.8) is 0 Å². The molecule has 4 nitrogen and oxygen atoms in total. The Hall–Kier alpha value is -1.20. The van der Waals surface area contributed by atoms with Crippen LogP contribution >= 0.6 is 15.9 Å². The zero-order valence-electron chi connectivity index (χ0n) is 10.4. The molecule has 0 spiro atoms. The molecule has 0 unspecified atom stereocenters. The van der Waals surface area contributed by atoms with Crippen molar-refractivity contribution in [2.24, 2.45) is 11.7 Å². The van der Waals surface area contributed by atoms with Gasteiger partial charge in [-0.25, -0.2) is 0 Å². The van der Waals surface area contributed by atoms with E-state index in [4.69, 9.17) is 10.3 Å². The molecule has 18 heavy (non-hydrogen) atoms. The molecule has 2 aromatic rings. The number of nitrogens with zero attached hydrogens (tertiary/aromatic N) is 2. The minimum Gasteiger partial charge on any atom is -0.337 e. The van der Waals surface area contributed by atoms with E-state index in [-0.39, 0.29) is 6.04 Å². The number of hydrogen-bond acceptors (Lipinski definition) is 4. The summed E-state index contributed by atoms with van der Waals surface area (Å²) in [5.41, 5.74) is 6.98. The molecule has 0 fully saturated rings. The molecule has 0 aliphatic heterocycles. The Morgan fingerprint density at radius 2 is 2.00 bits per heavy atom. The lowest BCUT2D eigenvalue weighted by Gasteiger charge is -2.12. The second-order valence-corrected chi connectivity index (χ2v) is 5.29.